The maximum atomic E-state index is 11.9. The van der Waals surface area contributed by atoms with Crippen LogP contribution in [0.4, 0.5) is 22.1 Å². The number of nitrogens with one attached hydrogen (secondary N) is 1. The van der Waals surface area contributed by atoms with Gasteiger partial charge in [-0.15, -0.1) is 0 Å². The van der Waals surface area contributed by atoms with E-state index in [1.807, 2.05) is 37.3 Å². The minimum atomic E-state index is -0.465. The highest BCUT2D eigenvalue weighted by Crippen LogP contribution is 2.34. The molecule has 3 rings (SSSR count). The predicted molar refractivity (Wildman–Crippen MR) is 108 cm³/mol. The summed E-state index contributed by atoms with van der Waals surface area (Å²) >= 11 is 0. The number of nitro groups is 1. The smallest absolute Gasteiger partial charge is 0.409 e. The van der Waals surface area contributed by atoms with E-state index in [-0.39, 0.29) is 29.5 Å². The molecule has 2 heterocycles. The minimum Gasteiger partial charge on any atom is -0.450 e. The average molecular weight is 400 g/mol. The summed E-state index contributed by atoms with van der Waals surface area (Å²) in [7, 11) is 0. The molecule has 1 aromatic heterocycles. The lowest BCUT2D eigenvalue weighted by molar-refractivity contribution is -0.383. The van der Waals surface area contributed by atoms with Crippen LogP contribution in [-0.2, 0) is 4.74 Å². The first-order valence-corrected chi connectivity index (χ1v) is 9.48. The summed E-state index contributed by atoms with van der Waals surface area (Å²) in [5, 5.41) is 15.0. The Balaban J connectivity index is 1.79. The van der Waals surface area contributed by atoms with E-state index in [0.717, 1.165) is 5.56 Å². The Morgan fingerprint density at radius 2 is 1.93 bits per heavy atom. The van der Waals surface area contributed by atoms with E-state index < -0.39 is 4.92 Å². The van der Waals surface area contributed by atoms with Gasteiger partial charge in [-0.25, -0.2) is 14.8 Å². The van der Waals surface area contributed by atoms with Crippen LogP contribution in [0.2, 0.25) is 0 Å². The van der Waals surface area contributed by atoms with Gasteiger partial charge in [-0.1, -0.05) is 30.3 Å². The predicted octanol–water partition coefficient (Wildman–Crippen LogP) is 2.84. The number of piperazine rings is 1. The van der Waals surface area contributed by atoms with Crippen molar-refractivity contribution in [2.45, 2.75) is 19.9 Å². The molecule has 1 aromatic carbocycles. The van der Waals surface area contributed by atoms with E-state index in [1.54, 1.807) is 16.7 Å². The molecule has 1 amide bonds. The summed E-state index contributed by atoms with van der Waals surface area (Å²) in [6, 6.07) is 9.46. The lowest BCUT2D eigenvalue weighted by Crippen LogP contribution is -2.49. The quantitative estimate of drug-likeness (QED) is 0.582. The van der Waals surface area contributed by atoms with Crippen LogP contribution in [0.3, 0.4) is 0 Å². The largest absolute Gasteiger partial charge is 0.450 e. The molecule has 1 unspecified atom stereocenters. The van der Waals surface area contributed by atoms with E-state index in [9.17, 15) is 14.9 Å². The summed E-state index contributed by atoms with van der Waals surface area (Å²) in [5.41, 5.74) is 0.824. The maximum absolute atomic E-state index is 11.9. The van der Waals surface area contributed by atoms with Crippen LogP contribution < -0.4 is 10.2 Å². The van der Waals surface area contributed by atoms with Crippen LogP contribution in [0.1, 0.15) is 25.5 Å². The van der Waals surface area contributed by atoms with Crippen LogP contribution in [0.5, 0.6) is 0 Å². The summed E-state index contributed by atoms with van der Waals surface area (Å²) in [6.07, 6.45) is 0.948. The van der Waals surface area contributed by atoms with Crippen LogP contribution in [0.15, 0.2) is 36.7 Å². The molecule has 0 saturated carbocycles. The van der Waals surface area contributed by atoms with Gasteiger partial charge in [-0.2, -0.15) is 0 Å². The van der Waals surface area contributed by atoms with Crippen LogP contribution in [0.25, 0.3) is 0 Å². The Morgan fingerprint density at radius 1 is 1.24 bits per heavy atom. The molecule has 0 aliphatic carbocycles. The zero-order valence-electron chi connectivity index (χ0n) is 16.4. The van der Waals surface area contributed by atoms with Crippen molar-refractivity contribution < 1.29 is 14.5 Å². The molecule has 2 aromatic rings. The molecule has 0 bridgehead atoms. The first-order valence-electron chi connectivity index (χ1n) is 9.48. The molecule has 0 radical (unpaired) electrons. The van der Waals surface area contributed by atoms with E-state index >= 15 is 0 Å². The van der Waals surface area contributed by atoms with Crippen LogP contribution in [-0.4, -0.2) is 58.7 Å². The van der Waals surface area contributed by atoms with Crippen molar-refractivity contribution >= 4 is 23.4 Å². The lowest BCUT2D eigenvalue weighted by Gasteiger charge is -2.34. The molecular weight excluding hydrogens is 376 g/mol. The van der Waals surface area contributed by atoms with Crippen molar-refractivity contribution in [2.24, 2.45) is 0 Å². The van der Waals surface area contributed by atoms with E-state index in [2.05, 4.69) is 15.3 Å². The normalized spacial score (nSPS) is 15.0. The average Bonchev–Trinajstić information content (AvgIpc) is 2.74. The molecule has 1 saturated heterocycles. The summed E-state index contributed by atoms with van der Waals surface area (Å²) in [5.74, 6) is 0.417. The van der Waals surface area contributed by atoms with Gasteiger partial charge in [-0.05, 0) is 19.4 Å². The Labute approximate surface area is 168 Å². The number of carbonyl (C=O) groups excluding carboxylic acids is 1. The lowest BCUT2D eigenvalue weighted by atomic mass is 10.1. The Bertz CT molecular complexity index is 855. The minimum absolute atomic E-state index is 0.167. The molecule has 1 atom stereocenters. The number of hydrogen-bond acceptors (Lipinski definition) is 8. The second kappa shape index (κ2) is 9.18. The number of amides is 1. The van der Waals surface area contributed by atoms with Gasteiger partial charge in [0.05, 0.1) is 17.6 Å². The number of benzene rings is 1. The molecule has 1 fully saturated rings. The first kappa shape index (κ1) is 20.3. The molecular formula is C19H24N6O4. The highest BCUT2D eigenvalue weighted by Gasteiger charge is 2.31. The number of anilines is 2. The van der Waals surface area contributed by atoms with E-state index in [0.29, 0.717) is 32.8 Å². The second-order valence-corrected chi connectivity index (χ2v) is 6.60. The van der Waals surface area contributed by atoms with Gasteiger partial charge in [-0.3, -0.25) is 10.1 Å². The molecule has 10 nitrogen and oxygen atoms in total. The monoisotopic (exact) mass is 400 g/mol. The highest BCUT2D eigenvalue weighted by atomic mass is 16.6. The van der Waals surface area contributed by atoms with Crippen molar-refractivity contribution in [1.82, 2.24) is 14.9 Å². The first-order chi connectivity index (χ1) is 14.0. The number of nitrogens with zero attached hydrogens (tertiary/aromatic N) is 5. The van der Waals surface area contributed by atoms with Gasteiger partial charge in [0.15, 0.2) is 0 Å². The number of carbonyl (C=O) groups is 1. The zero-order chi connectivity index (χ0) is 20.8. The third kappa shape index (κ3) is 4.71. The van der Waals surface area contributed by atoms with Crippen LogP contribution in [0, 0.1) is 10.1 Å². The van der Waals surface area contributed by atoms with Gasteiger partial charge in [0.2, 0.25) is 11.6 Å². The fraction of sp³-hybridized carbons (Fsp3) is 0.421. The summed E-state index contributed by atoms with van der Waals surface area (Å²) in [4.78, 5) is 34.9. The summed E-state index contributed by atoms with van der Waals surface area (Å²) < 4.78 is 5.01. The SMILES string of the molecule is CCOC(=O)N1CCN(c2ncnc(NC(C)c3ccccc3)c2[N+](=O)[O-])CC1. The Morgan fingerprint density at radius 3 is 2.55 bits per heavy atom. The van der Waals surface area contributed by atoms with Crippen LogP contribution >= 0.6 is 0 Å². The van der Waals surface area contributed by atoms with Gasteiger partial charge in [0.25, 0.3) is 0 Å². The Hall–Kier alpha value is -3.43. The third-order valence-electron chi connectivity index (χ3n) is 4.74. The van der Waals surface area contributed by atoms with Crippen molar-refractivity contribution in [2.75, 3.05) is 43.0 Å². The third-order valence-corrected chi connectivity index (χ3v) is 4.74. The van der Waals surface area contributed by atoms with Gasteiger partial charge in [0, 0.05) is 26.2 Å². The Kier molecular flexibility index (Phi) is 6.43. The topological polar surface area (TPSA) is 114 Å². The molecule has 29 heavy (non-hydrogen) atoms. The zero-order valence-corrected chi connectivity index (χ0v) is 16.4. The standard InChI is InChI=1S/C19H24N6O4/c1-3-29-19(26)24-11-9-23(10-12-24)18-16(25(27)28)17(20-13-21-18)22-14(2)15-7-5-4-6-8-15/h4-8,13-14H,3,9-12H2,1-2H3,(H,20,21,22). The van der Waals surface area contributed by atoms with Crippen molar-refractivity contribution in [1.29, 1.82) is 0 Å². The van der Waals surface area contributed by atoms with Crippen molar-refractivity contribution in [3.8, 4) is 0 Å². The number of aromatic nitrogens is 2. The van der Waals surface area contributed by atoms with Gasteiger partial charge < -0.3 is 19.9 Å². The summed E-state index contributed by atoms with van der Waals surface area (Å²) in [6.45, 7) is 5.63. The van der Waals surface area contributed by atoms with Gasteiger partial charge >= 0.3 is 11.8 Å². The molecule has 154 valence electrons. The van der Waals surface area contributed by atoms with E-state index in [4.69, 9.17) is 4.74 Å². The number of hydrogen-bond donors (Lipinski definition) is 1. The molecule has 0 spiro atoms. The molecule has 1 aliphatic heterocycles. The van der Waals surface area contributed by atoms with Gasteiger partial charge in [0.1, 0.15) is 6.33 Å². The number of rotatable bonds is 6. The molecule has 1 N–H and O–H groups in total. The second-order valence-electron chi connectivity index (χ2n) is 6.60. The van der Waals surface area contributed by atoms with E-state index in [1.165, 1.54) is 6.33 Å². The van der Waals surface area contributed by atoms with Crippen molar-refractivity contribution in [3.63, 3.8) is 0 Å². The molecule has 10 heteroatoms. The fourth-order valence-corrected chi connectivity index (χ4v) is 3.22. The highest BCUT2D eigenvalue weighted by molar-refractivity contribution is 5.72. The maximum Gasteiger partial charge on any atom is 0.409 e. The van der Waals surface area contributed by atoms with Crippen molar-refractivity contribution in [3.05, 3.63) is 52.3 Å². The fourth-order valence-electron chi connectivity index (χ4n) is 3.22. The number of ether oxygens (including phenoxy) is 1. The molecule has 1 aliphatic rings.